The van der Waals surface area contributed by atoms with Crippen molar-refractivity contribution in [3.63, 3.8) is 0 Å². The molecule has 10 heteroatoms. The molecule has 3 fully saturated rings. The summed E-state index contributed by atoms with van der Waals surface area (Å²) in [7, 11) is 2.20. The number of thioether (sulfide) groups is 1. The Morgan fingerprint density at radius 3 is 2.38 bits per heavy atom. The lowest BCUT2D eigenvalue weighted by Crippen LogP contribution is -2.50. The number of urea groups is 1. The van der Waals surface area contributed by atoms with Gasteiger partial charge in [-0.1, -0.05) is 87.5 Å². The molecule has 4 heterocycles. The van der Waals surface area contributed by atoms with E-state index in [1.165, 1.54) is 11.3 Å². The number of nitrogens with zero attached hydrogens (tertiary/aromatic N) is 5. The lowest BCUT2D eigenvalue weighted by atomic mass is 9.92. The Hall–Kier alpha value is -4.02. The van der Waals surface area contributed by atoms with E-state index in [-0.39, 0.29) is 41.1 Å². The number of nitrogens with one attached hydrogen (secondary N) is 1. The average Bonchev–Trinajstić information content (AvgIpc) is 3.69. The van der Waals surface area contributed by atoms with Crippen LogP contribution in [0.1, 0.15) is 74.9 Å². The van der Waals surface area contributed by atoms with Gasteiger partial charge < -0.3 is 24.9 Å². The molecule has 3 aromatic rings. The third-order valence-corrected chi connectivity index (χ3v) is 13.1. The molecule has 9 nitrogen and oxygen atoms in total. The second-order valence-electron chi connectivity index (χ2n) is 16.5. The number of likely N-dealkylation sites (tertiary alicyclic amines) is 2. The first kappa shape index (κ1) is 37.3. The minimum Gasteiger partial charge on any atom is -0.370 e. The van der Waals surface area contributed by atoms with Gasteiger partial charge in [-0.15, -0.1) is 11.8 Å². The molecule has 7 rings (SSSR count). The van der Waals surface area contributed by atoms with Gasteiger partial charge in [0.25, 0.3) is 0 Å². The standard InChI is InChI=1S/C43H56N6O3S/c1-43(2,3)22-27-49-40(51)38(28-39(50)47-24-20-33(21-25-47)48-26-18-32-14-8-10-16-36(32)44-42(48)52)53-41(49)35-15-9-11-17-37(35)45(4)34-19-23-46(30-34)29-31-12-6-5-7-13-31/h5-17,33-34,38,41H,18-30H2,1-4H3,(H,44,52)/t34-,38?,41?/m0/s1. The lowest BCUT2D eigenvalue weighted by Gasteiger charge is -2.38. The molecule has 4 amide bonds. The summed E-state index contributed by atoms with van der Waals surface area (Å²) in [6.07, 6.45) is 4.47. The van der Waals surface area contributed by atoms with Crippen LogP contribution in [0.3, 0.4) is 0 Å². The van der Waals surface area contributed by atoms with Crippen LogP contribution >= 0.6 is 11.8 Å². The normalized spacial score (nSPS) is 22.9. The summed E-state index contributed by atoms with van der Waals surface area (Å²) in [5.41, 5.74) is 5.77. The first-order chi connectivity index (χ1) is 25.5. The number of likely N-dealkylation sites (N-methyl/N-ethyl adjacent to an activating group) is 1. The molecule has 2 unspecified atom stereocenters. The Labute approximate surface area is 320 Å². The molecule has 4 aliphatic heterocycles. The molecule has 0 radical (unpaired) electrons. The third-order valence-electron chi connectivity index (χ3n) is 11.6. The summed E-state index contributed by atoms with van der Waals surface area (Å²) in [4.78, 5) is 52.2. The van der Waals surface area contributed by atoms with Crippen molar-refractivity contribution in [2.24, 2.45) is 5.41 Å². The zero-order valence-electron chi connectivity index (χ0n) is 31.9. The van der Waals surface area contributed by atoms with E-state index in [4.69, 9.17) is 0 Å². The number of piperidine rings is 1. The van der Waals surface area contributed by atoms with Gasteiger partial charge in [0.1, 0.15) is 5.37 Å². The molecule has 0 saturated carbocycles. The maximum atomic E-state index is 14.3. The van der Waals surface area contributed by atoms with E-state index in [0.717, 1.165) is 68.6 Å². The second-order valence-corrected chi connectivity index (χ2v) is 17.8. The molecule has 1 N–H and O–H groups in total. The third kappa shape index (κ3) is 8.70. The highest BCUT2D eigenvalue weighted by molar-refractivity contribution is 8.01. The molecular formula is C43H56N6O3S. The van der Waals surface area contributed by atoms with Crippen molar-refractivity contribution in [2.75, 3.05) is 56.5 Å². The number of carbonyl (C=O) groups excluding carboxylic acids is 3. The first-order valence-corrected chi connectivity index (χ1v) is 20.5. The molecule has 0 aliphatic carbocycles. The monoisotopic (exact) mass is 736 g/mol. The first-order valence-electron chi connectivity index (χ1n) is 19.5. The fraction of sp³-hybridized carbons (Fsp3) is 0.512. The SMILES string of the molecule is CN(c1ccccc1C1SC(CC(=O)N2CCC(N3CCc4ccccc4NC3=O)CC2)C(=O)N1CCC(C)(C)C)[C@H]1CCN(Cc2ccccc2)C1. The number of benzene rings is 3. The lowest BCUT2D eigenvalue weighted by molar-refractivity contribution is -0.137. The van der Waals surface area contributed by atoms with Crippen LogP contribution in [0.15, 0.2) is 78.9 Å². The summed E-state index contributed by atoms with van der Waals surface area (Å²) >= 11 is 1.65. The zero-order valence-corrected chi connectivity index (χ0v) is 32.7. The molecule has 4 aliphatic rings. The molecule has 0 aromatic heterocycles. The Morgan fingerprint density at radius 2 is 1.60 bits per heavy atom. The van der Waals surface area contributed by atoms with Crippen LogP contribution in [0.5, 0.6) is 0 Å². The van der Waals surface area contributed by atoms with Crippen molar-refractivity contribution in [3.05, 3.63) is 95.6 Å². The maximum Gasteiger partial charge on any atom is 0.322 e. The number of hydrogen-bond donors (Lipinski definition) is 1. The van der Waals surface area contributed by atoms with Crippen LogP contribution < -0.4 is 10.2 Å². The predicted molar refractivity (Wildman–Crippen MR) is 215 cm³/mol. The minimum absolute atomic E-state index is 0.0355. The Balaban J connectivity index is 1.01. The number of rotatable bonds is 10. The molecule has 3 saturated heterocycles. The van der Waals surface area contributed by atoms with Crippen LogP contribution in [0.2, 0.25) is 0 Å². The number of hydrogen-bond acceptors (Lipinski definition) is 6. The second kappa shape index (κ2) is 16.1. The fourth-order valence-electron chi connectivity index (χ4n) is 8.43. The largest absolute Gasteiger partial charge is 0.370 e. The quantitative estimate of drug-likeness (QED) is 0.237. The summed E-state index contributed by atoms with van der Waals surface area (Å²) in [6.45, 7) is 12.2. The van der Waals surface area contributed by atoms with Gasteiger partial charge in [-0.05, 0) is 60.8 Å². The van der Waals surface area contributed by atoms with Crippen LogP contribution in [-0.2, 0) is 22.6 Å². The fourth-order valence-corrected chi connectivity index (χ4v) is 9.93. The van der Waals surface area contributed by atoms with Crippen LogP contribution in [0.4, 0.5) is 16.2 Å². The van der Waals surface area contributed by atoms with Gasteiger partial charge in [-0.25, -0.2) is 4.79 Å². The van der Waals surface area contributed by atoms with E-state index >= 15 is 0 Å². The molecule has 3 aromatic carbocycles. The number of amides is 4. The van der Waals surface area contributed by atoms with Crippen LogP contribution in [0.25, 0.3) is 0 Å². The highest BCUT2D eigenvalue weighted by atomic mass is 32.2. The molecule has 3 atom stereocenters. The Bertz CT molecular complexity index is 1760. The van der Waals surface area contributed by atoms with Crippen LogP contribution in [0, 0.1) is 5.41 Å². The smallest absolute Gasteiger partial charge is 0.322 e. The predicted octanol–water partition coefficient (Wildman–Crippen LogP) is 7.25. The molecule has 53 heavy (non-hydrogen) atoms. The van der Waals surface area contributed by atoms with Gasteiger partial charge in [0.05, 0.1) is 5.25 Å². The average molecular weight is 737 g/mol. The number of para-hydroxylation sites is 2. The minimum atomic E-state index is -0.425. The summed E-state index contributed by atoms with van der Waals surface area (Å²) in [5.74, 6) is 0.106. The Morgan fingerprint density at radius 1 is 0.887 bits per heavy atom. The van der Waals surface area contributed by atoms with Crippen molar-refractivity contribution >= 4 is 41.0 Å². The van der Waals surface area contributed by atoms with Gasteiger partial charge in [0.2, 0.25) is 11.8 Å². The highest BCUT2D eigenvalue weighted by Gasteiger charge is 2.44. The van der Waals surface area contributed by atoms with Crippen LogP contribution in [-0.4, -0.2) is 101 Å². The summed E-state index contributed by atoms with van der Waals surface area (Å²) in [5, 5.41) is 2.51. The number of carbonyl (C=O) groups is 3. The molecule has 282 valence electrons. The number of anilines is 2. The Kier molecular flexibility index (Phi) is 11.4. The van der Waals surface area contributed by atoms with E-state index in [9.17, 15) is 14.4 Å². The van der Waals surface area contributed by atoms with Crippen molar-refractivity contribution < 1.29 is 14.4 Å². The zero-order chi connectivity index (χ0) is 37.1. The highest BCUT2D eigenvalue weighted by Crippen LogP contribution is 2.48. The van der Waals surface area contributed by atoms with Crippen molar-refractivity contribution in [1.29, 1.82) is 0 Å². The van der Waals surface area contributed by atoms with E-state index < -0.39 is 5.25 Å². The van der Waals surface area contributed by atoms with E-state index in [1.807, 2.05) is 28.0 Å². The topological polar surface area (TPSA) is 79.4 Å². The van der Waals surface area contributed by atoms with E-state index in [0.29, 0.717) is 32.2 Å². The van der Waals surface area contributed by atoms with Crippen molar-refractivity contribution in [1.82, 2.24) is 19.6 Å². The van der Waals surface area contributed by atoms with E-state index in [2.05, 4.69) is 108 Å². The van der Waals surface area contributed by atoms with Crippen molar-refractivity contribution in [2.45, 2.75) is 88.5 Å². The van der Waals surface area contributed by atoms with Gasteiger partial charge in [0, 0.05) is 88.3 Å². The summed E-state index contributed by atoms with van der Waals surface area (Å²) < 4.78 is 0. The van der Waals surface area contributed by atoms with Gasteiger partial charge in [0.15, 0.2) is 0 Å². The molecule has 0 bridgehead atoms. The van der Waals surface area contributed by atoms with Gasteiger partial charge in [-0.2, -0.15) is 0 Å². The van der Waals surface area contributed by atoms with Gasteiger partial charge >= 0.3 is 6.03 Å². The molecule has 0 spiro atoms. The van der Waals surface area contributed by atoms with Crippen molar-refractivity contribution in [3.8, 4) is 0 Å². The van der Waals surface area contributed by atoms with E-state index in [1.54, 1.807) is 11.8 Å². The molecular weight excluding hydrogens is 681 g/mol. The summed E-state index contributed by atoms with van der Waals surface area (Å²) in [6, 6.07) is 27.7. The van der Waals surface area contributed by atoms with Gasteiger partial charge in [-0.3, -0.25) is 14.5 Å². The number of fused-ring (bicyclic) bond motifs is 1. The maximum absolute atomic E-state index is 14.3.